The van der Waals surface area contributed by atoms with E-state index in [-0.39, 0.29) is 41.7 Å². The van der Waals surface area contributed by atoms with E-state index in [1.165, 1.54) is 40.9 Å². The highest BCUT2D eigenvalue weighted by Gasteiger charge is 2.39. The van der Waals surface area contributed by atoms with E-state index in [4.69, 9.17) is 5.11 Å². The SMILES string of the molecule is OCCNc1cc(Nc2ccc(C(F)(F)F)cc2)nc(-c2c(C(F)(F)F)nc3ccccn23)c1. The van der Waals surface area contributed by atoms with Gasteiger partial charge in [-0.15, -0.1) is 0 Å². The molecule has 0 unspecified atom stereocenters. The molecule has 0 atom stereocenters. The molecule has 0 radical (unpaired) electrons. The van der Waals surface area contributed by atoms with E-state index >= 15 is 0 Å². The van der Waals surface area contributed by atoms with Crippen molar-refractivity contribution in [2.24, 2.45) is 0 Å². The van der Waals surface area contributed by atoms with Gasteiger partial charge in [-0.2, -0.15) is 26.3 Å². The van der Waals surface area contributed by atoms with Crippen molar-refractivity contribution in [3.05, 3.63) is 72.1 Å². The molecule has 4 aromatic rings. The van der Waals surface area contributed by atoms with Crippen LogP contribution in [0.1, 0.15) is 11.3 Å². The predicted molar refractivity (Wildman–Crippen MR) is 114 cm³/mol. The molecule has 178 valence electrons. The number of hydrogen-bond donors (Lipinski definition) is 3. The molecular formula is C22H17F6N5O. The van der Waals surface area contributed by atoms with Crippen LogP contribution in [0.5, 0.6) is 0 Å². The number of rotatable bonds is 6. The average molecular weight is 481 g/mol. The average Bonchev–Trinajstić information content (AvgIpc) is 3.18. The summed E-state index contributed by atoms with van der Waals surface area (Å²) in [4.78, 5) is 7.99. The van der Waals surface area contributed by atoms with Gasteiger partial charge in [-0.05, 0) is 42.5 Å². The molecule has 0 aliphatic heterocycles. The Morgan fingerprint density at radius 2 is 1.59 bits per heavy atom. The predicted octanol–water partition coefficient (Wildman–Crippen LogP) is 5.58. The molecule has 0 aliphatic carbocycles. The molecule has 3 heterocycles. The van der Waals surface area contributed by atoms with Gasteiger partial charge in [-0.3, -0.25) is 4.40 Å². The lowest BCUT2D eigenvalue weighted by atomic mass is 10.2. The summed E-state index contributed by atoms with van der Waals surface area (Å²) in [6, 6.07) is 11.5. The first-order valence-electron chi connectivity index (χ1n) is 9.92. The van der Waals surface area contributed by atoms with Crippen LogP contribution in [0.25, 0.3) is 17.0 Å². The van der Waals surface area contributed by atoms with Gasteiger partial charge in [0.05, 0.1) is 17.9 Å². The Labute approximate surface area is 188 Å². The van der Waals surface area contributed by atoms with Gasteiger partial charge in [-0.1, -0.05) is 6.07 Å². The Morgan fingerprint density at radius 1 is 0.853 bits per heavy atom. The Morgan fingerprint density at radius 3 is 2.24 bits per heavy atom. The zero-order valence-electron chi connectivity index (χ0n) is 17.2. The highest BCUT2D eigenvalue weighted by atomic mass is 19.4. The number of nitrogens with zero attached hydrogens (tertiary/aromatic N) is 3. The van der Waals surface area contributed by atoms with Crippen LogP contribution in [-0.2, 0) is 12.4 Å². The van der Waals surface area contributed by atoms with Gasteiger partial charge >= 0.3 is 12.4 Å². The van der Waals surface area contributed by atoms with E-state index in [1.54, 1.807) is 12.1 Å². The fourth-order valence-electron chi connectivity index (χ4n) is 3.35. The first kappa shape index (κ1) is 23.4. The van der Waals surface area contributed by atoms with E-state index in [2.05, 4.69) is 20.6 Å². The summed E-state index contributed by atoms with van der Waals surface area (Å²) in [5.41, 5.74) is -1.70. The van der Waals surface area contributed by atoms with Crippen LogP contribution in [0.2, 0.25) is 0 Å². The molecule has 3 N–H and O–H groups in total. The number of aromatic nitrogens is 3. The number of nitrogens with one attached hydrogen (secondary N) is 2. The van der Waals surface area contributed by atoms with Crippen LogP contribution in [0.15, 0.2) is 60.8 Å². The monoisotopic (exact) mass is 481 g/mol. The second-order valence-electron chi connectivity index (χ2n) is 7.21. The third-order valence-corrected chi connectivity index (χ3v) is 4.79. The normalized spacial score (nSPS) is 12.2. The number of anilines is 3. The second-order valence-corrected chi connectivity index (χ2v) is 7.21. The van der Waals surface area contributed by atoms with Gasteiger partial charge in [0.2, 0.25) is 0 Å². The third-order valence-electron chi connectivity index (χ3n) is 4.79. The molecule has 0 amide bonds. The van der Waals surface area contributed by atoms with Gasteiger partial charge in [0.1, 0.15) is 17.2 Å². The number of aliphatic hydroxyl groups is 1. The summed E-state index contributed by atoms with van der Waals surface area (Å²) >= 11 is 0. The molecule has 0 bridgehead atoms. The quantitative estimate of drug-likeness (QED) is 0.314. The highest BCUT2D eigenvalue weighted by Crippen LogP contribution is 2.38. The molecule has 0 fully saturated rings. The molecule has 12 heteroatoms. The number of aliphatic hydroxyl groups excluding tert-OH is 1. The zero-order valence-corrected chi connectivity index (χ0v) is 17.2. The van der Waals surface area contributed by atoms with E-state index in [0.717, 1.165) is 12.1 Å². The van der Waals surface area contributed by atoms with Crippen molar-refractivity contribution in [2.75, 3.05) is 23.8 Å². The maximum Gasteiger partial charge on any atom is 0.435 e. The van der Waals surface area contributed by atoms with Crippen molar-refractivity contribution in [1.29, 1.82) is 0 Å². The molecule has 6 nitrogen and oxygen atoms in total. The van der Waals surface area contributed by atoms with Gasteiger partial charge < -0.3 is 15.7 Å². The number of halogens is 6. The molecule has 0 spiro atoms. The minimum atomic E-state index is -4.77. The van der Waals surface area contributed by atoms with E-state index in [1.807, 2.05) is 0 Å². The summed E-state index contributed by atoms with van der Waals surface area (Å²) in [6.07, 6.45) is -7.85. The molecule has 1 aromatic carbocycles. The number of fused-ring (bicyclic) bond motifs is 1. The zero-order chi connectivity index (χ0) is 24.5. The molecule has 0 aliphatic rings. The van der Waals surface area contributed by atoms with Crippen molar-refractivity contribution in [1.82, 2.24) is 14.4 Å². The highest BCUT2D eigenvalue weighted by molar-refractivity contribution is 5.72. The third kappa shape index (κ3) is 4.91. The lowest BCUT2D eigenvalue weighted by molar-refractivity contribution is -0.140. The largest absolute Gasteiger partial charge is 0.435 e. The second kappa shape index (κ2) is 8.86. The molecular weight excluding hydrogens is 464 g/mol. The van der Waals surface area contributed by atoms with E-state index in [9.17, 15) is 26.3 Å². The standard InChI is InChI=1S/C22H17F6N5O/c23-21(24,25)13-4-6-14(7-5-13)30-17-12-15(29-8-10-34)11-16(31-17)19-20(22(26,27)28)32-18-3-1-2-9-33(18)19/h1-7,9,11-12,34H,8,10H2,(H2,29,30,31). The van der Waals surface area contributed by atoms with Crippen LogP contribution in [-0.4, -0.2) is 32.6 Å². The van der Waals surface area contributed by atoms with Crippen molar-refractivity contribution < 1.29 is 31.4 Å². The number of pyridine rings is 2. The molecule has 3 aromatic heterocycles. The molecule has 4 rings (SSSR count). The smallest absolute Gasteiger partial charge is 0.395 e. The summed E-state index contributed by atoms with van der Waals surface area (Å²) in [6.45, 7) is -0.120. The van der Waals surface area contributed by atoms with E-state index < -0.39 is 23.6 Å². The van der Waals surface area contributed by atoms with Crippen LogP contribution in [0.4, 0.5) is 43.5 Å². The summed E-state index contributed by atoms with van der Waals surface area (Å²) < 4.78 is 81.1. The van der Waals surface area contributed by atoms with E-state index in [0.29, 0.717) is 5.69 Å². The Balaban J connectivity index is 1.81. The topological polar surface area (TPSA) is 74.5 Å². The number of hydrogen-bond acceptors (Lipinski definition) is 5. The van der Waals surface area contributed by atoms with Crippen molar-refractivity contribution in [2.45, 2.75) is 12.4 Å². The molecule has 0 saturated carbocycles. The number of benzene rings is 1. The Hall–Kier alpha value is -3.80. The molecule has 0 saturated heterocycles. The Kier molecular flexibility index (Phi) is 6.09. The van der Waals surface area contributed by atoms with Gasteiger partial charge in [0.15, 0.2) is 5.69 Å². The van der Waals surface area contributed by atoms with Gasteiger partial charge in [0, 0.05) is 30.2 Å². The minimum Gasteiger partial charge on any atom is -0.395 e. The van der Waals surface area contributed by atoms with Crippen LogP contribution in [0.3, 0.4) is 0 Å². The lowest BCUT2D eigenvalue weighted by Crippen LogP contribution is -2.10. The van der Waals surface area contributed by atoms with Gasteiger partial charge in [-0.25, -0.2) is 9.97 Å². The first-order valence-corrected chi connectivity index (χ1v) is 9.92. The first-order chi connectivity index (χ1) is 16.1. The van der Waals surface area contributed by atoms with Gasteiger partial charge in [0.25, 0.3) is 0 Å². The van der Waals surface area contributed by atoms with Crippen molar-refractivity contribution in [3.63, 3.8) is 0 Å². The Bertz CT molecular complexity index is 1300. The number of imidazole rings is 1. The van der Waals surface area contributed by atoms with Crippen LogP contribution < -0.4 is 10.6 Å². The number of alkyl halides is 6. The lowest BCUT2D eigenvalue weighted by Gasteiger charge is -2.14. The maximum atomic E-state index is 13.8. The summed E-state index contributed by atoms with van der Waals surface area (Å²) in [5, 5.41) is 14.8. The fraction of sp³-hybridized carbons (Fsp3) is 0.182. The summed E-state index contributed by atoms with van der Waals surface area (Å²) in [5.74, 6) is 0.0803. The van der Waals surface area contributed by atoms with Crippen LogP contribution in [0, 0.1) is 0 Å². The summed E-state index contributed by atoms with van der Waals surface area (Å²) in [7, 11) is 0. The fourth-order valence-corrected chi connectivity index (χ4v) is 3.35. The molecule has 34 heavy (non-hydrogen) atoms. The van der Waals surface area contributed by atoms with Crippen LogP contribution >= 0.6 is 0 Å². The van der Waals surface area contributed by atoms with Crippen molar-refractivity contribution in [3.8, 4) is 11.4 Å². The van der Waals surface area contributed by atoms with Crippen molar-refractivity contribution >= 4 is 22.8 Å². The maximum absolute atomic E-state index is 13.8. The minimum absolute atomic E-state index is 0.0672.